The molecule has 1 aliphatic carbocycles. The zero-order valence-electron chi connectivity index (χ0n) is 10.5. The van der Waals surface area contributed by atoms with Crippen LogP contribution in [0.3, 0.4) is 0 Å². The van der Waals surface area contributed by atoms with Crippen LogP contribution in [0.5, 0.6) is 0 Å². The molecule has 1 fully saturated rings. The van der Waals surface area contributed by atoms with Gasteiger partial charge < -0.3 is 16.4 Å². The molecule has 1 aliphatic rings. The molecule has 1 saturated carbocycles. The van der Waals surface area contributed by atoms with Crippen molar-refractivity contribution < 1.29 is 9.59 Å². The highest BCUT2D eigenvalue weighted by molar-refractivity contribution is 6.35. The summed E-state index contributed by atoms with van der Waals surface area (Å²) in [5, 5.41) is 5.15. The Labute approximate surface area is 103 Å². The molecule has 5 nitrogen and oxygen atoms in total. The zero-order valence-corrected chi connectivity index (χ0v) is 10.5. The third-order valence-electron chi connectivity index (χ3n) is 3.45. The van der Waals surface area contributed by atoms with Crippen molar-refractivity contribution in [1.82, 2.24) is 10.6 Å². The predicted molar refractivity (Wildman–Crippen MR) is 66.2 cm³/mol. The largest absolute Gasteiger partial charge is 0.348 e. The first-order valence-corrected chi connectivity index (χ1v) is 6.41. The van der Waals surface area contributed by atoms with E-state index in [1.54, 1.807) is 0 Å². The molecule has 0 aliphatic heterocycles. The SMILES string of the molecule is CC1CCCCC1CNC(=O)C(=O)NCCN. The topological polar surface area (TPSA) is 84.2 Å². The van der Waals surface area contributed by atoms with E-state index < -0.39 is 11.8 Å². The Morgan fingerprint density at radius 2 is 1.82 bits per heavy atom. The molecule has 17 heavy (non-hydrogen) atoms. The van der Waals surface area contributed by atoms with Crippen molar-refractivity contribution in [2.45, 2.75) is 32.6 Å². The number of amides is 2. The molecule has 5 heteroatoms. The van der Waals surface area contributed by atoms with Crippen LogP contribution in [0.25, 0.3) is 0 Å². The van der Waals surface area contributed by atoms with Gasteiger partial charge in [0.15, 0.2) is 0 Å². The van der Waals surface area contributed by atoms with Crippen LogP contribution in [0.4, 0.5) is 0 Å². The van der Waals surface area contributed by atoms with Gasteiger partial charge in [0, 0.05) is 19.6 Å². The number of nitrogens with one attached hydrogen (secondary N) is 2. The van der Waals surface area contributed by atoms with Crippen molar-refractivity contribution in [2.24, 2.45) is 17.6 Å². The minimum atomic E-state index is -0.584. The lowest BCUT2D eigenvalue weighted by atomic mass is 9.80. The average molecular weight is 241 g/mol. The predicted octanol–water partition coefficient (Wildman–Crippen LogP) is 0.00380. The molecule has 0 aromatic rings. The van der Waals surface area contributed by atoms with Gasteiger partial charge in [-0.1, -0.05) is 26.2 Å². The van der Waals surface area contributed by atoms with E-state index in [4.69, 9.17) is 5.73 Å². The van der Waals surface area contributed by atoms with E-state index >= 15 is 0 Å². The molecule has 0 heterocycles. The van der Waals surface area contributed by atoms with Gasteiger partial charge in [-0.3, -0.25) is 9.59 Å². The fraction of sp³-hybridized carbons (Fsp3) is 0.833. The van der Waals surface area contributed by atoms with Crippen LogP contribution in [0.2, 0.25) is 0 Å². The fourth-order valence-corrected chi connectivity index (χ4v) is 2.27. The normalized spacial score (nSPS) is 24.1. The van der Waals surface area contributed by atoms with Crippen molar-refractivity contribution in [3.8, 4) is 0 Å². The smallest absolute Gasteiger partial charge is 0.309 e. The molecule has 0 aromatic heterocycles. The van der Waals surface area contributed by atoms with E-state index in [9.17, 15) is 9.59 Å². The van der Waals surface area contributed by atoms with Crippen LogP contribution >= 0.6 is 0 Å². The van der Waals surface area contributed by atoms with Crippen molar-refractivity contribution in [1.29, 1.82) is 0 Å². The standard InChI is InChI=1S/C12H23N3O2/c1-9-4-2-3-5-10(9)8-15-12(17)11(16)14-7-6-13/h9-10H,2-8,13H2,1H3,(H,14,16)(H,15,17). The lowest BCUT2D eigenvalue weighted by Crippen LogP contribution is -2.44. The second-order valence-electron chi connectivity index (χ2n) is 4.78. The van der Waals surface area contributed by atoms with Crippen LogP contribution in [-0.4, -0.2) is 31.4 Å². The molecule has 2 atom stereocenters. The third-order valence-corrected chi connectivity index (χ3v) is 3.45. The second-order valence-corrected chi connectivity index (χ2v) is 4.78. The zero-order chi connectivity index (χ0) is 12.7. The molecule has 1 rings (SSSR count). The van der Waals surface area contributed by atoms with Gasteiger partial charge in [0.2, 0.25) is 0 Å². The van der Waals surface area contributed by atoms with Crippen molar-refractivity contribution >= 4 is 11.8 Å². The second kappa shape index (κ2) is 7.27. The van der Waals surface area contributed by atoms with Crippen LogP contribution < -0.4 is 16.4 Å². The van der Waals surface area contributed by atoms with E-state index in [1.807, 2.05) is 0 Å². The fourth-order valence-electron chi connectivity index (χ4n) is 2.27. The molecule has 0 radical (unpaired) electrons. The van der Waals surface area contributed by atoms with E-state index in [-0.39, 0.29) is 0 Å². The van der Waals surface area contributed by atoms with Gasteiger partial charge in [0.1, 0.15) is 0 Å². The molecule has 2 amide bonds. The first-order valence-electron chi connectivity index (χ1n) is 6.41. The lowest BCUT2D eigenvalue weighted by Gasteiger charge is -2.28. The van der Waals surface area contributed by atoms with Crippen molar-refractivity contribution in [3.05, 3.63) is 0 Å². The quantitative estimate of drug-likeness (QED) is 0.606. The highest BCUT2D eigenvalue weighted by Gasteiger charge is 2.22. The van der Waals surface area contributed by atoms with E-state index in [0.29, 0.717) is 31.5 Å². The summed E-state index contributed by atoms with van der Waals surface area (Å²) in [6, 6.07) is 0. The molecule has 2 unspecified atom stereocenters. The molecule has 98 valence electrons. The summed E-state index contributed by atoms with van der Waals surface area (Å²) in [5.41, 5.74) is 5.24. The summed E-state index contributed by atoms with van der Waals surface area (Å²) in [6.07, 6.45) is 4.87. The van der Waals surface area contributed by atoms with Crippen molar-refractivity contribution in [3.63, 3.8) is 0 Å². The maximum absolute atomic E-state index is 11.4. The number of hydrogen-bond donors (Lipinski definition) is 3. The first-order chi connectivity index (χ1) is 8.15. The Balaban J connectivity index is 2.24. The minimum Gasteiger partial charge on any atom is -0.348 e. The summed E-state index contributed by atoms with van der Waals surface area (Å²) in [4.78, 5) is 22.7. The molecule has 4 N–H and O–H groups in total. The van der Waals surface area contributed by atoms with E-state index in [0.717, 1.165) is 6.42 Å². The Morgan fingerprint density at radius 1 is 1.18 bits per heavy atom. The van der Waals surface area contributed by atoms with Gasteiger partial charge in [-0.25, -0.2) is 0 Å². The summed E-state index contributed by atoms with van der Waals surface area (Å²) in [6.45, 7) is 3.51. The number of carbonyl (C=O) groups is 2. The van der Waals surface area contributed by atoms with Crippen LogP contribution in [0.15, 0.2) is 0 Å². The van der Waals surface area contributed by atoms with Gasteiger partial charge >= 0.3 is 11.8 Å². The Hall–Kier alpha value is -1.10. The molecule has 0 saturated heterocycles. The maximum atomic E-state index is 11.4. The Bertz CT molecular complexity index is 268. The summed E-state index contributed by atoms with van der Waals surface area (Å²) >= 11 is 0. The van der Waals surface area contributed by atoms with Crippen LogP contribution in [0.1, 0.15) is 32.6 Å². The van der Waals surface area contributed by atoms with E-state index in [1.165, 1.54) is 19.3 Å². The summed E-state index contributed by atoms with van der Waals surface area (Å²) < 4.78 is 0. The van der Waals surface area contributed by atoms with Gasteiger partial charge in [0.25, 0.3) is 0 Å². The highest BCUT2D eigenvalue weighted by Crippen LogP contribution is 2.28. The first kappa shape index (κ1) is 14.0. The van der Waals surface area contributed by atoms with Gasteiger partial charge in [-0.05, 0) is 18.3 Å². The summed E-state index contributed by atoms with van der Waals surface area (Å²) in [5.74, 6) is 0.0151. The van der Waals surface area contributed by atoms with Crippen LogP contribution in [-0.2, 0) is 9.59 Å². The molecule has 0 bridgehead atoms. The number of nitrogens with two attached hydrogens (primary N) is 1. The molecular formula is C12H23N3O2. The minimum absolute atomic E-state index is 0.339. The highest BCUT2D eigenvalue weighted by atomic mass is 16.2. The number of hydrogen-bond acceptors (Lipinski definition) is 3. The molecule has 0 spiro atoms. The van der Waals surface area contributed by atoms with Crippen LogP contribution in [0, 0.1) is 11.8 Å². The molecular weight excluding hydrogens is 218 g/mol. The Morgan fingerprint density at radius 3 is 2.47 bits per heavy atom. The van der Waals surface area contributed by atoms with Gasteiger partial charge in [0.05, 0.1) is 0 Å². The number of rotatable bonds is 4. The van der Waals surface area contributed by atoms with E-state index in [2.05, 4.69) is 17.6 Å². The number of carbonyl (C=O) groups excluding carboxylic acids is 2. The maximum Gasteiger partial charge on any atom is 0.309 e. The van der Waals surface area contributed by atoms with Gasteiger partial charge in [-0.2, -0.15) is 0 Å². The van der Waals surface area contributed by atoms with Gasteiger partial charge in [-0.15, -0.1) is 0 Å². The lowest BCUT2D eigenvalue weighted by molar-refractivity contribution is -0.139. The van der Waals surface area contributed by atoms with Crippen molar-refractivity contribution in [2.75, 3.05) is 19.6 Å². The Kier molecular flexibility index (Phi) is 5.97. The monoisotopic (exact) mass is 241 g/mol. The average Bonchev–Trinajstić information content (AvgIpc) is 2.34. The summed E-state index contributed by atoms with van der Waals surface area (Å²) in [7, 11) is 0. The third kappa shape index (κ3) is 4.73. The molecule has 0 aromatic carbocycles.